The van der Waals surface area contributed by atoms with Gasteiger partial charge >= 0.3 is 0 Å². The summed E-state index contributed by atoms with van der Waals surface area (Å²) in [5.41, 5.74) is 1.15. The molecule has 19 heavy (non-hydrogen) atoms. The summed E-state index contributed by atoms with van der Waals surface area (Å²) in [6.45, 7) is 5.16. The molecule has 0 saturated heterocycles. The number of aryl methyl sites for hydroxylation is 1. The molecule has 0 aliphatic rings. The van der Waals surface area contributed by atoms with Crippen LogP contribution in [0.4, 0.5) is 0 Å². The Morgan fingerprint density at radius 2 is 1.58 bits per heavy atom. The highest BCUT2D eigenvalue weighted by atomic mass is 79.9. The summed E-state index contributed by atoms with van der Waals surface area (Å²) in [6.07, 6.45) is 2.58. The highest BCUT2D eigenvalue weighted by molar-refractivity contribution is 9.09. The van der Waals surface area contributed by atoms with Crippen LogP contribution in [0.1, 0.15) is 32.3 Å². The third kappa shape index (κ3) is 4.58. The summed E-state index contributed by atoms with van der Waals surface area (Å²) < 4.78 is 26.6. The van der Waals surface area contributed by atoms with Crippen molar-refractivity contribution in [3.8, 4) is 0 Å². The number of alkyl halides is 1. The van der Waals surface area contributed by atoms with Gasteiger partial charge < -0.3 is 0 Å². The van der Waals surface area contributed by atoms with Crippen LogP contribution in [0.5, 0.6) is 0 Å². The average Bonchev–Trinajstić information content (AvgIpc) is 2.39. The fourth-order valence-corrected chi connectivity index (χ4v) is 4.02. The van der Waals surface area contributed by atoms with E-state index in [1.807, 2.05) is 26.0 Å². The Bertz CT molecular complexity index is 465. The standard InChI is InChI=1S/C14H22BrNO2S/c1-3-11-16(12-4-2)19(17,18)14-7-5-13(6-8-14)9-10-15/h5-8H,3-4,9-12H2,1-2H3. The number of nitrogens with zero attached hydrogens (tertiary/aromatic N) is 1. The predicted octanol–water partition coefficient (Wildman–Crippen LogP) is 3.43. The topological polar surface area (TPSA) is 37.4 Å². The van der Waals surface area contributed by atoms with E-state index in [-0.39, 0.29) is 0 Å². The first kappa shape index (κ1) is 16.7. The van der Waals surface area contributed by atoms with E-state index in [2.05, 4.69) is 15.9 Å². The average molecular weight is 348 g/mol. The van der Waals surface area contributed by atoms with Gasteiger partial charge in [0.15, 0.2) is 0 Å². The fourth-order valence-electron chi connectivity index (χ4n) is 1.94. The van der Waals surface area contributed by atoms with E-state index in [0.29, 0.717) is 18.0 Å². The molecule has 0 saturated carbocycles. The molecule has 0 fully saturated rings. The molecule has 0 bridgehead atoms. The maximum atomic E-state index is 12.5. The van der Waals surface area contributed by atoms with Gasteiger partial charge in [-0.2, -0.15) is 4.31 Å². The zero-order chi connectivity index (χ0) is 14.3. The number of rotatable bonds is 8. The third-order valence-electron chi connectivity index (χ3n) is 2.89. The highest BCUT2D eigenvalue weighted by Gasteiger charge is 2.22. The molecule has 1 aromatic rings. The van der Waals surface area contributed by atoms with Crippen LogP contribution in [0.3, 0.4) is 0 Å². The van der Waals surface area contributed by atoms with Gasteiger partial charge in [-0.3, -0.25) is 0 Å². The first-order chi connectivity index (χ1) is 9.06. The summed E-state index contributed by atoms with van der Waals surface area (Å²) in [7, 11) is -3.34. The Hall–Kier alpha value is -0.390. The number of hydrogen-bond donors (Lipinski definition) is 0. The van der Waals surface area contributed by atoms with Gasteiger partial charge in [0.2, 0.25) is 10.0 Å². The van der Waals surface area contributed by atoms with E-state index in [1.165, 1.54) is 0 Å². The van der Waals surface area contributed by atoms with Crippen molar-refractivity contribution in [2.24, 2.45) is 0 Å². The van der Waals surface area contributed by atoms with Gasteiger partial charge in [0.05, 0.1) is 4.90 Å². The van der Waals surface area contributed by atoms with Crippen molar-refractivity contribution in [3.63, 3.8) is 0 Å². The minimum absolute atomic E-state index is 0.396. The number of benzene rings is 1. The highest BCUT2D eigenvalue weighted by Crippen LogP contribution is 2.17. The fraction of sp³-hybridized carbons (Fsp3) is 0.571. The third-order valence-corrected chi connectivity index (χ3v) is 5.20. The van der Waals surface area contributed by atoms with Gasteiger partial charge in [0.1, 0.15) is 0 Å². The molecule has 0 unspecified atom stereocenters. The molecule has 0 aliphatic carbocycles. The van der Waals surface area contributed by atoms with E-state index in [0.717, 1.165) is 30.2 Å². The summed E-state index contributed by atoms with van der Waals surface area (Å²) >= 11 is 3.38. The van der Waals surface area contributed by atoms with Gasteiger partial charge in [-0.1, -0.05) is 41.9 Å². The van der Waals surface area contributed by atoms with Crippen molar-refractivity contribution in [1.29, 1.82) is 0 Å². The second-order valence-electron chi connectivity index (χ2n) is 4.49. The van der Waals surface area contributed by atoms with Gasteiger partial charge in [0, 0.05) is 18.4 Å². The van der Waals surface area contributed by atoms with Crippen LogP contribution >= 0.6 is 15.9 Å². The monoisotopic (exact) mass is 347 g/mol. The van der Waals surface area contributed by atoms with Crippen molar-refractivity contribution < 1.29 is 8.42 Å². The second-order valence-corrected chi connectivity index (χ2v) is 7.22. The molecular weight excluding hydrogens is 326 g/mol. The van der Waals surface area contributed by atoms with Gasteiger partial charge in [-0.05, 0) is 37.0 Å². The predicted molar refractivity (Wildman–Crippen MR) is 83.3 cm³/mol. The van der Waals surface area contributed by atoms with Crippen LogP contribution in [-0.4, -0.2) is 31.1 Å². The molecule has 0 amide bonds. The van der Waals surface area contributed by atoms with Crippen molar-refractivity contribution in [2.75, 3.05) is 18.4 Å². The molecule has 108 valence electrons. The van der Waals surface area contributed by atoms with E-state index < -0.39 is 10.0 Å². The molecule has 0 radical (unpaired) electrons. The van der Waals surface area contributed by atoms with Crippen molar-refractivity contribution in [2.45, 2.75) is 38.0 Å². The lowest BCUT2D eigenvalue weighted by Gasteiger charge is -2.21. The molecule has 0 N–H and O–H groups in total. The van der Waals surface area contributed by atoms with Crippen LogP contribution in [0, 0.1) is 0 Å². The first-order valence-corrected chi connectivity index (χ1v) is 9.27. The van der Waals surface area contributed by atoms with Gasteiger partial charge in [0.25, 0.3) is 0 Å². The Morgan fingerprint density at radius 3 is 2.00 bits per heavy atom. The lowest BCUT2D eigenvalue weighted by Crippen LogP contribution is -2.32. The SMILES string of the molecule is CCCN(CCC)S(=O)(=O)c1ccc(CCBr)cc1. The van der Waals surface area contributed by atoms with Crippen molar-refractivity contribution in [1.82, 2.24) is 4.31 Å². The quantitative estimate of drug-likeness (QED) is 0.675. The zero-order valence-electron chi connectivity index (χ0n) is 11.6. The van der Waals surface area contributed by atoms with Crippen molar-refractivity contribution >= 4 is 26.0 Å². The Labute approximate surface area is 125 Å². The Morgan fingerprint density at radius 1 is 1.05 bits per heavy atom. The van der Waals surface area contributed by atoms with Crippen LogP contribution in [0.2, 0.25) is 0 Å². The van der Waals surface area contributed by atoms with Crippen molar-refractivity contribution in [3.05, 3.63) is 29.8 Å². The Kier molecular flexibility index (Phi) is 7.04. The molecular formula is C14H22BrNO2S. The van der Waals surface area contributed by atoms with Crippen LogP contribution in [0.25, 0.3) is 0 Å². The summed E-state index contributed by atoms with van der Waals surface area (Å²) in [5.74, 6) is 0. The molecule has 0 atom stereocenters. The molecule has 5 heteroatoms. The molecule has 0 aromatic heterocycles. The number of hydrogen-bond acceptors (Lipinski definition) is 2. The minimum Gasteiger partial charge on any atom is -0.207 e. The van der Waals surface area contributed by atoms with E-state index in [1.54, 1.807) is 16.4 Å². The first-order valence-electron chi connectivity index (χ1n) is 6.71. The number of halogens is 1. The van der Waals surface area contributed by atoms with E-state index >= 15 is 0 Å². The lowest BCUT2D eigenvalue weighted by atomic mass is 10.2. The van der Waals surface area contributed by atoms with E-state index in [9.17, 15) is 8.42 Å². The molecule has 0 spiro atoms. The Balaban J connectivity index is 2.96. The maximum Gasteiger partial charge on any atom is 0.243 e. The number of sulfonamides is 1. The summed E-state index contributed by atoms with van der Waals surface area (Å²) in [5, 5.41) is 0.886. The molecule has 0 heterocycles. The molecule has 1 rings (SSSR count). The zero-order valence-corrected chi connectivity index (χ0v) is 14.0. The van der Waals surface area contributed by atoms with Gasteiger partial charge in [-0.15, -0.1) is 0 Å². The van der Waals surface area contributed by atoms with E-state index in [4.69, 9.17) is 0 Å². The molecule has 1 aromatic carbocycles. The lowest BCUT2D eigenvalue weighted by molar-refractivity contribution is 0.410. The second kappa shape index (κ2) is 8.02. The minimum atomic E-state index is -3.34. The summed E-state index contributed by atoms with van der Waals surface area (Å²) in [4.78, 5) is 0.396. The van der Waals surface area contributed by atoms with Crippen LogP contribution < -0.4 is 0 Å². The maximum absolute atomic E-state index is 12.5. The largest absolute Gasteiger partial charge is 0.243 e. The van der Waals surface area contributed by atoms with Crippen LogP contribution in [0.15, 0.2) is 29.2 Å². The van der Waals surface area contributed by atoms with Gasteiger partial charge in [-0.25, -0.2) is 8.42 Å². The molecule has 3 nitrogen and oxygen atoms in total. The smallest absolute Gasteiger partial charge is 0.207 e. The molecule has 0 aliphatic heterocycles. The summed E-state index contributed by atoms with van der Waals surface area (Å²) in [6, 6.07) is 7.21. The van der Waals surface area contributed by atoms with Crippen LogP contribution in [-0.2, 0) is 16.4 Å². The normalized spacial score (nSPS) is 12.0.